The molecule has 1 saturated carbocycles. The third kappa shape index (κ3) is 3.85. The summed E-state index contributed by atoms with van der Waals surface area (Å²) in [4.78, 5) is 18.2. The first-order chi connectivity index (χ1) is 10.5. The third-order valence-electron chi connectivity index (χ3n) is 4.43. The van der Waals surface area contributed by atoms with Gasteiger partial charge < -0.3 is 4.90 Å². The van der Waals surface area contributed by atoms with E-state index in [1.54, 1.807) is 17.3 Å². The van der Waals surface area contributed by atoms with Gasteiger partial charge in [0, 0.05) is 18.9 Å². The number of aromatic nitrogens is 1. The fourth-order valence-corrected chi connectivity index (χ4v) is 4.89. The molecule has 0 spiro atoms. The summed E-state index contributed by atoms with van der Waals surface area (Å²) in [5, 5.41) is -0.330. The van der Waals surface area contributed by atoms with Crippen LogP contribution in [0.4, 0.5) is 0 Å². The van der Waals surface area contributed by atoms with Gasteiger partial charge in [-0.25, -0.2) is 8.42 Å². The van der Waals surface area contributed by atoms with Crippen LogP contribution in [0.1, 0.15) is 51.1 Å². The lowest BCUT2D eigenvalue weighted by Crippen LogP contribution is -2.39. The lowest BCUT2D eigenvalue weighted by atomic mass is 10.1. The van der Waals surface area contributed by atoms with Gasteiger partial charge in [0.05, 0.1) is 11.3 Å². The molecule has 0 aliphatic heterocycles. The molecular weight excluding hydrogens is 300 g/mol. The van der Waals surface area contributed by atoms with Gasteiger partial charge in [-0.2, -0.15) is 0 Å². The summed E-state index contributed by atoms with van der Waals surface area (Å²) < 4.78 is 24.7. The highest BCUT2D eigenvalue weighted by molar-refractivity contribution is 7.92. The molecule has 1 aromatic rings. The summed E-state index contributed by atoms with van der Waals surface area (Å²) in [6.07, 6.45) is 6.67. The number of carbonyl (C=O) groups is 1. The molecule has 1 heterocycles. The summed E-state index contributed by atoms with van der Waals surface area (Å²) in [7, 11) is -3.34. The lowest BCUT2D eigenvalue weighted by molar-refractivity contribution is -0.130. The van der Waals surface area contributed by atoms with Gasteiger partial charge in [0.1, 0.15) is 5.75 Å². The average molecular weight is 324 g/mol. The maximum absolute atomic E-state index is 12.5. The Morgan fingerprint density at radius 3 is 2.64 bits per heavy atom. The molecule has 1 aliphatic carbocycles. The smallest absolute Gasteiger partial charge is 0.238 e. The first-order valence-electron chi connectivity index (χ1n) is 7.86. The van der Waals surface area contributed by atoms with Gasteiger partial charge in [-0.1, -0.05) is 18.9 Å². The number of amides is 1. The van der Waals surface area contributed by atoms with E-state index in [-0.39, 0.29) is 23.0 Å². The van der Waals surface area contributed by atoms with E-state index in [9.17, 15) is 13.2 Å². The first kappa shape index (κ1) is 16.9. The van der Waals surface area contributed by atoms with Gasteiger partial charge in [0.25, 0.3) is 0 Å². The zero-order chi connectivity index (χ0) is 16.2. The second-order valence-corrected chi connectivity index (χ2v) is 8.14. The molecule has 122 valence electrons. The zero-order valence-corrected chi connectivity index (χ0v) is 14.1. The van der Waals surface area contributed by atoms with Gasteiger partial charge in [-0.3, -0.25) is 9.78 Å². The van der Waals surface area contributed by atoms with E-state index in [0.29, 0.717) is 19.4 Å². The van der Waals surface area contributed by atoms with Crippen molar-refractivity contribution in [2.75, 3.05) is 12.3 Å². The van der Waals surface area contributed by atoms with Crippen molar-refractivity contribution in [1.82, 2.24) is 9.88 Å². The maximum Gasteiger partial charge on any atom is 0.238 e. The van der Waals surface area contributed by atoms with Crippen LogP contribution < -0.4 is 0 Å². The predicted molar refractivity (Wildman–Crippen MR) is 86.1 cm³/mol. The molecular formula is C16H24N2O3S. The van der Waals surface area contributed by atoms with E-state index in [2.05, 4.69) is 4.98 Å². The fourth-order valence-electron chi connectivity index (χ4n) is 3.09. The Bertz CT molecular complexity index is 595. The normalized spacial score (nSPS) is 17.4. The first-order valence-corrected chi connectivity index (χ1v) is 9.58. The fraction of sp³-hybridized carbons (Fsp3) is 0.625. The van der Waals surface area contributed by atoms with Crippen LogP contribution in [0.25, 0.3) is 0 Å². The highest BCUT2D eigenvalue weighted by Crippen LogP contribution is 2.26. The number of hydrogen-bond acceptors (Lipinski definition) is 4. The number of nitrogens with zero attached hydrogens (tertiary/aromatic N) is 2. The largest absolute Gasteiger partial charge is 0.335 e. The second kappa shape index (κ2) is 7.22. The Balaban J connectivity index is 2.09. The van der Waals surface area contributed by atoms with Crippen molar-refractivity contribution in [2.24, 2.45) is 0 Å². The zero-order valence-electron chi connectivity index (χ0n) is 13.2. The highest BCUT2D eigenvalue weighted by Gasteiger charge is 2.33. The van der Waals surface area contributed by atoms with E-state index < -0.39 is 9.84 Å². The van der Waals surface area contributed by atoms with Crippen LogP contribution in [-0.4, -0.2) is 41.8 Å². The summed E-state index contributed by atoms with van der Waals surface area (Å²) in [5.41, 5.74) is 0.913. The summed E-state index contributed by atoms with van der Waals surface area (Å²) in [6, 6.07) is 3.54. The van der Waals surface area contributed by atoms with Crippen LogP contribution in [0.5, 0.6) is 0 Å². The number of carbonyl (C=O) groups excluding carboxylic acids is 1. The molecule has 1 aliphatic rings. The molecule has 0 radical (unpaired) electrons. The molecule has 0 N–H and O–H groups in total. The Hall–Kier alpha value is -1.43. The van der Waals surface area contributed by atoms with Gasteiger partial charge in [0.2, 0.25) is 5.91 Å². The monoisotopic (exact) mass is 324 g/mol. The minimum Gasteiger partial charge on any atom is -0.335 e. The predicted octanol–water partition coefficient (Wildman–Crippen LogP) is 2.35. The molecule has 6 heteroatoms. The highest BCUT2D eigenvalue weighted by atomic mass is 32.2. The van der Waals surface area contributed by atoms with Crippen LogP contribution in [0.15, 0.2) is 24.5 Å². The van der Waals surface area contributed by atoms with E-state index in [1.807, 2.05) is 26.0 Å². The quantitative estimate of drug-likeness (QED) is 0.805. The molecule has 0 bridgehead atoms. The lowest BCUT2D eigenvalue weighted by Gasteiger charge is -2.28. The Morgan fingerprint density at radius 2 is 2.09 bits per heavy atom. The van der Waals surface area contributed by atoms with Gasteiger partial charge >= 0.3 is 0 Å². The van der Waals surface area contributed by atoms with Gasteiger partial charge in [-0.05, 0) is 38.3 Å². The van der Waals surface area contributed by atoms with Crippen LogP contribution >= 0.6 is 0 Å². The topological polar surface area (TPSA) is 67.3 Å². The number of rotatable bonds is 6. The van der Waals surface area contributed by atoms with Crippen molar-refractivity contribution < 1.29 is 13.2 Å². The second-order valence-electron chi connectivity index (χ2n) is 5.86. The summed E-state index contributed by atoms with van der Waals surface area (Å²) in [5.74, 6) is -0.693. The molecule has 2 rings (SSSR count). The van der Waals surface area contributed by atoms with Gasteiger partial charge in [0.15, 0.2) is 9.84 Å². The van der Waals surface area contributed by atoms with Crippen molar-refractivity contribution in [3.05, 3.63) is 30.1 Å². The summed E-state index contributed by atoms with van der Waals surface area (Å²) in [6.45, 7) is 4.25. The van der Waals surface area contributed by atoms with Crippen molar-refractivity contribution in [3.8, 4) is 0 Å². The molecule has 1 fully saturated rings. The third-order valence-corrected chi connectivity index (χ3v) is 6.57. The van der Waals surface area contributed by atoms with Crippen LogP contribution in [-0.2, 0) is 14.6 Å². The van der Waals surface area contributed by atoms with Crippen LogP contribution in [0, 0.1) is 0 Å². The minimum atomic E-state index is -3.34. The van der Waals surface area contributed by atoms with Crippen molar-refractivity contribution in [3.63, 3.8) is 0 Å². The van der Waals surface area contributed by atoms with E-state index >= 15 is 0 Å². The molecule has 0 aromatic carbocycles. The Morgan fingerprint density at radius 1 is 1.41 bits per heavy atom. The summed E-state index contributed by atoms with van der Waals surface area (Å²) >= 11 is 0. The standard InChI is InChI=1S/C16H24N2O3S/c1-3-18(13(2)14-7-6-10-17-11-14)16(19)12-22(20,21)15-8-4-5-9-15/h6-7,10-11,13,15H,3-5,8-9,12H2,1-2H3. The number of pyridine rings is 1. The van der Waals surface area contributed by atoms with Crippen LogP contribution in [0.2, 0.25) is 0 Å². The van der Waals surface area contributed by atoms with Crippen molar-refractivity contribution in [2.45, 2.75) is 50.8 Å². The molecule has 1 atom stereocenters. The average Bonchev–Trinajstić information content (AvgIpc) is 3.03. The molecule has 0 saturated heterocycles. The number of hydrogen-bond donors (Lipinski definition) is 0. The molecule has 22 heavy (non-hydrogen) atoms. The molecule has 1 amide bonds. The Labute approximate surface area is 132 Å². The van der Waals surface area contributed by atoms with E-state index in [1.165, 1.54) is 0 Å². The maximum atomic E-state index is 12.5. The number of sulfone groups is 1. The molecule has 1 unspecified atom stereocenters. The van der Waals surface area contributed by atoms with E-state index in [0.717, 1.165) is 18.4 Å². The molecule has 1 aromatic heterocycles. The minimum absolute atomic E-state index is 0.176. The van der Waals surface area contributed by atoms with Crippen molar-refractivity contribution >= 4 is 15.7 Å². The van der Waals surface area contributed by atoms with Crippen molar-refractivity contribution in [1.29, 1.82) is 0 Å². The SMILES string of the molecule is CCN(C(=O)CS(=O)(=O)C1CCCC1)C(C)c1cccnc1. The van der Waals surface area contributed by atoms with Crippen LogP contribution in [0.3, 0.4) is 0 Å². The van der Waals surface area contributed by atoms with E-state index in [4.69, 9.17) is 0 Å². The van der Waals surface area contributed by atoms with Gasteiger partial charge in [-0.15, -0.1) is 0 Å². The molecule has 5 nitrogen and oxygen atoms in total. The Kier molecular flexibility index (Phi) is 5.56.